The van der Waals surface area contributed by atoms with Gasteiger partial charge in [-0.05, 0) is 48.6 Å². The van der Waals surface area contributed by atoms with Crippen LogP contribution in [-0.2, 0) is 17.5 Å². The lowest BCUT2D eigenvalue weighted by Gasteiger charge is -2.27. The highest BCUT2D eigenvalue weighted by molar-refractivity contribution is 6.30. The monoisotopic (exact) mass is 506 g/mol. The molecule has 1 amide bonds. The first-order valence-corrected chi connectivity index (χ1v) is 11.8. The fourth-order valence-electron chi connectivity index (χ4n) is 4.13. The number of likely N-dealkylation sites (N-methyl/N-ethyl adjacent to an activating group) is 1. The molecule has 3 aromatic rings. The molecule has 1 aliphatic heterocycles. The normalized spacial score (nSPS) is 16.2. The number of nitrogens with zero attached hydrogens (tertiary/aromatic N) is 2. The molecule has 1 fully saturated rings. The van der Waals surface area contributed by atoms with Crippen molar-refractivity contribution in [1.82, 2.24) is 9.47 Å². The van der Waals surface area contributed by atoms with Crippen molar-refractivity contribution in [2.75, 3.05) is 20.2 Å². The molecule has 5 nitrogen and oxygen atoms in total. The van der Waals surface area contributed by atoms with E-state index in [9.17, 15) is 18.0 Å². The predicted molar refractivity (Wildman–Crippen MR) is 128 cm³/mol. The summed E-state index contributed by atoms with van der Waals surface area (Å²) in [7, 11) is 1.55. The van der Waals surface area contributed by atoms with Gasteiger partial charge in [0.1, 0.15) is 5.69 Å². The fraction of sp³-hybridized carbons (Fsp3) is 0.346. The number of benzene rings is 2. The van der Waals surface area contributed by atoms with Crippen molar-refractivity contribution >= 4 is 17.7 Å². The average Bonchev–Trinajstić information content (AvgIpc) is 3.19. The molecule has 1 aliphatic rings. The summed E-state index contributed by atoms with van der Waals surface area (Å²) in [6, 6.07) is 16.1. The Hall–Kier alpha value is -2.97. The van der Waals surface area contributed by atoms with Crippen LogP contribution in [0.4, 0.5) is 18.0 Å². The van der Waals surface area contributed by atoms with Gasteiger partial charge < -0.3 is 18.9 Å². The summed E-state index contributed by atoms with van der Waals surface area (Å²) in [6.45, 7) is 0.797. The molecule has 2 heterocycles. The minimum atomic E-state index is -4.66. The summed E-state index contributed by atoms with van der Waals surface area (Å²) in [5, 5.41) is 0.444. The standard InChI is InChI=1S/C26H26ClF3N2O3/c1-31(17-21-9-5-6-14-34-21)25(33)35-24-22(19-10-12-20(27)13-11-19)15-23(26(28,29)30)32(24)16-18-7-3-2-4-8-18/h2-4,7-8,10-13,15,21H,5-6,9,14,16-17H2,1H3. The maximum atomic E-state index is 14.1. The topological polar surface area (TPSA) is 43.7 Å². The molecule has 0 spiro atoms. The van der Waals surface area contributed by atoms with Crippen LogP contribution < -0.4 is 4.74 Å². The lowest BCUT2D eigenvalue weighted by molar-refractivity contribution is -0.143. The van der Waals surface area contributed by atoms with Crippen LogP contribution in [0.3, 0.4) is 0 Å². The number of alkyl halides is 3. The van der Waals surface area contributed by atoms with Gasteiger partial charge in [-0.15, -0.1) is 0 Å². The summed E-state index contributed by atoms with van der Waals surface area (Å²) >= 11 is 5.98. The number of ether oxygens (including phenoxy) is 2. The van der Waals surface area contributed by atoms with Gasteiger partial charge in [-0.25, -0.2) is 4.79 Å². The minimum Gasteiger partial charge on any atom is -0.392 e. The molecule has 1 atom stereocenters. The zero-order valence-electron chi connectivity index (χ0n) is 19.2. The van der Waals surface area contributed by atoms with Gasteiger partial charge in [0.2, 0.25) is 5.88 Å². The van der Waals surface area contributed by atoms with Crippen LogP contribution in [0.25, 0.3) is 11.1 Å². The largest absolute Gasteiger partial charge is 0.431 e. The number of amides is 1. The molecular weight excluding hydrogens is 481 g/mol. The quantitative estimate of drug-likeness (QED) is 0.366. The lowest BCUT2D eigenvalue weighted by atomic mass is 10.1. The molecule has 0 aliphatic carbocycles. The van der Waals surface area contributed by atoms with Crippen molar-refractivity contribution in [1.29, 1.82) is 0 Å². The Labute approximate surface area is 207 Å². The summed E-state index contributed by atoms with van der Waals surface area (Å²) in [4.78, 5) is 14.4. The highest BCUT2D eigenvalue weighted by Gasteiger charge is 2.38. The van der Waals surface area contributed by atoms with Gasteiger partial charge in [-0.3, -0.25) is 0 Å². The van der Waals surface area contributed by atoms with Crippen molar-refractivity contribution < 1.29 is 27.4 Å². The second-order valence-corrected chi connectivity index (χ2v) is 9.00. The van der Waals surface area contributed by atoms with Gasteiger partial charge in [-0.1, -0.05) is 54.1 Å². The number of hydrogen-bond donors (Lipinski definition) is 0. The molecule has 9 heteroatoms. The Kier molecular flexibility index (Phi) is 7.72. The Balaban J connectivity index is 1.73. The van der Waals surface area contributed by atoms with Gasteiger partial charge in [0.05, 0.1) is 12.6 Å². The molecule has 0 bridgehead atoms. The Bertz CT molecular complexity index is 1140. The SMILES string of the molecule is CN(CC1CCCCO1)C(=O)Oc1c(-c2ccc(Cl)cc2)cc(C(F)(F)F)n1Cc1ccccc1. The Morgan fingerprint density at radius 2 is 1.86 bits per heavy atom. The maximum Gasteiger partial charge on any atom is 0.431 e. The molecule has 0 radical (unpaired) electrons. The highest BCUT2D eigenvalue weighted by atomic mass is 35.5. The van der Waals surface area contributed by atoms with Crippen molar-refractivity contribution in [3.05, 3.63) is 76.9 Å². The van der Waals surface area contributed by atoms with Gasteiger partial charge in [-0.2, -0.15) is 13.2 Å². The molecule has 0 N–H and O–H groups in total. The van der Waals surface area contributed by atoms with Crippen LogP contribution in [0.5, 0.6) is 5.88 Å². The van der Waals surface area contributed by atoms with Crippen molar-refractivity contribution in [2.24, 2.45) is 0 Å². The summed E-state index contributed by atoms with van der Waals surface area (Å²) in [6.07, 6.45) is -2.75. The zero-order valence-corrected chi connectivity index (χ0v) is 20.0. The number of halogens is 4. The molecule has 1 aromatic heterocycles. The van der Waals surface area contributed by atoms with E-state index in [1.807, 2.05) is 0 Å². The van der Waals surface area contributed by atoms with E-state index >= 15 is 0 Å². The van der Waals surface area contributed by atoms with E-state index in [0.717, 1.165) is 29.9 Å². The van der Waals surface area contributed by atoms with Gasteiger partial charge in [0.15, 0.2) is 0 Å². The van der Waals surface area contributed by atoms with E-state index in [2.05, 4.69) is 0 Å². The van der Waals surface area contributed by atoms with Crippen LogP contribution in [-0.4, -0.2) is 41.9 Å². The van der Waals surface area contributed by atoms with Crippen LogP contribution >= 0.6 is 11.6 Å². The molecule has 186 valence electrons. The number of aromatic nitrogens is 1. The summed E-state index contributed by atoms with van der Waals surface area (Å²) in [5.41, 5.74) is 0.332. The first-order chi connectivity index (χ1) is 16.7. The van der Waals surface area contributed by atoms with Crippen molar-refractivity contribution in [3.8, 4) is 17.0 Å². The van der Waals surface area contributed by atoms with E-state index in [4.69, 9.17) is 21.1 Å². The first-order valence-electron chi connectivity index (χ1n) is 11.4. The van der Waals surface area contributed by atoms with Gasteiger partial charge >= 0.3 is 12.3 Å². The van der Waals surface area contributed by atoms with Crippen molar-refractivity contribution in [3.63, 3.8) is 0 Å². The zero-order chi connectivity index (χ0) is 25.0. The van der Waals surface area contributed by atoms with Crippen LogP contribution in [0.2, 0.25) is 5.02 Å². The van der Waals surface area contributed by atoms with Gasteiger partial charge in [0, 0.05) is 30.8 Å². The molecule has 1 unspecified atom stereocenters. The van der Waals surface area contributed by atoms with Crippen molar-refractivity contribution in [2.45, 2.75) is 38.1 Å². The van der Waals surface area contributed by atoms with E-state index in [-0.39, 0.29) is 24.1 Å². The molecule has 35 heavy (non-hydrogen) atoms. The summed E-state index contributed by atoms with van der Waals surface area (Å²) in [5.74, 6) is -0.176. The van der Waals surface area contributed by atoms with Crippen LogP contribution in [0.15, 0.2) is 60.7 Å². The molecular formula is C26H26ClF3N2O3. The van der Waals surface area contributed by atoms with E-state index < -0.39 is 18.0 Å². The summed E-state index contributed by atoms with van der Waals surface area (Å²) < 4.78 is 54.7. The number of rotatable bonds is 6. The third kappa shape index (κ3) is 6.18. The highest BCUT2D eigenvalue weighted by Crippen LogP contribution is 2.41. The lowest BCUT2D eigenvalue weighted by Crippen LogP contribution is -2.39. The van der Waals surface area contributed by atoms with E-state index in [1.165, 1.54) is 4.90 Å². The van der Waals surface area contributed by atoms with Crippen LogP contribution in [0, 0.1) is 0 Å². The Morgan fingerprint density at radius 3 is 2.49 bits per heavy atom. The predicted octanol–water partition coefficient (Wildman–Crippen LogP) is 6.88. The average molecular weight is 507 g/mol. The van der Waals surface area contributed by atoms with E-state index in [0.29, 0.717) is 29.3 Å². The second-order valence-electron chi connectivity index (χ2n) is 8.56. The fourth-order valence-corrected chi connectivity index (χ4v) is 4.25. The van der Waals surface area contributed by atoms with Crippen LogP contribution in [0.1, 0.15) is 30.5 Å². The van der Waals surface area contributed by atoms with E-state index in [1.54, 1.807) is 61.6 Å². The number of carbonyl (C=O) groups excluding carboxylic acids is 1. The second kappa shape index (κ2) is 10.7. The number of hydrogen-bond acceptors (Lipinski definition) is 3. The molecule has 1 saturated heterocycles. The molecule has 0 saturated carbocycles. The maximum absolute atomic E-state index is 14.1. The number of carbonyl (C=O) groups is 1. The smallest absolute Gasteiger partial charge is 0.392 e. The Morgan fingerprint density at radius 1 is 1.14 bits per heavy atom. The third-order valence-electron chi connectivity index (χ3n) is 5.92. The first kappa shape index (κ1) is 25.1. The molecule has 2 aromatic carbocycles. The third-order valence-corrected chi connectivity index (χ3v) is 6.18. The molecule has 4 rings (SSSR count). The van der Waals surface area contributed by atoms with Gasteiger partial charge in [0.25, 0.3) is 0 Å². The minimum absolute atomic E-state index is 0.124.